The van der Waals surface area contributed by atoms with Crippen molar-refractivity contribution < 1.29 is 9.53 Å². The molecule has 0 aliphatic rings. The van der Waals surface area contributed by atoms with Crippen LogP contribution in [0.5, 0.6) is 0 Å². The predicted molar refractivity (Wildman–Crippen MR) is 48.5 cm³/mol. The smallest absolute Gasteiger partial charge is 0.345 e. The van der Waals surface area contributed by atoms with Gasteiger partial charge in [0.05, 0.1) is 7.11 Å². The molecule has 0 heterocycles. The van der Waals surface area contributed by atoms with Crippen molar-refractivity contribution in [3.8, 4) is 0 Å². The summed E-state index contributed by atoms with van der Waals surface area (Å²) < 4.78 is 4.48. The molecule has 0 atom stereocenters. The van der Waals surface area contributed by atoms with Crippen molar-refractivity contribution >= 4 is 5.97 Å². The van der Waals surface area contributed by atoms with Gasteiger partial charge < -0.3 is 16.2 Å². The predicted octanol–water partition coefficient (Wildman–Crippen LogP) is -0.0702. The molecule has 0 bridgehead atoms. The van der Waals surface area contributed by atoms with Crippen LogP contribution in [-0.4, -0.2) is 13.1 Å². The first kappa shape index (κ1) is 9.70. The zero-order valence-electron chi connectivity index (χ0n) is 7.36. The highest BCUT2D eigenvalue weighted by molar-refractivity contribution is 5.81. The molecule has 0 saturated heterocycles. The molecule has 0 aliphatic heterocycles. The van der Waals surface area contributed by atoms with Crippen LogP contribution in [0.3, 0.4) is 0 Å². The lowest BCUT2D eigenvalue weighted by Crippen LogP contribution is -2.53. The van der Waals surface area contributed by atoms with Crippen LogP contribution in [0.15, 0.2) is 30.3 Å². The maximum Gasteiger partial charge on any atom is 0.345 e. The summed E-state index contributed by atoms with van der Waals surface area (Å²) in [5.74, 6) is -0.654. The zero-order chi connectivity index (χ0) is 9.90. The van der Waals surface area contributed by atoms with Gasteiger partial charge in [-0.15, -0.1) is 0 Å². The topological polar surface area (TPSA) is 78.3 Å². The average molecular weight is 180 g/mol. The number of benzene rings is 1. The highest BCUT2D eigenvalue weighted by atomic mass is 16.5. The summed E-state index contributed by atoms with van der Waals surface area (Å²) in [5, 5.41) is 0. The van der Waals surface area contributed by atoms with E-state index in [2.05, 4.69) is 4.74 Å². The van der Waals surface area contributed by atoms with Crippen LogP contribution in [0.25, 0.3) is 0 Å². The second-order valence-electron chi connectivity index (χ2n) is 2.73. The van der Waals surface area contributed by atoms with E-state index in [-0.39, 0.29) is 0 Å². The van der Waals surface area contributed by atoms with Gasteiger partial charge in [0.25, 0.3) is 0 Å². The monoisotopic (exact) mass is 180 g/mol. The maximum absolute atomic E-state index is 11.2. The molecule has 13 heavy (non-hydrogen) atoms. The molecule has 1 aromatic rings. The Bertz CT molecular complexity index is 296. The first-order chi connectivity index (χ1) is 6.09. The summed E-state index contributed by atoms with van der Waals surface area (Å²) in [5.41, 5.74) is 10.2. The summed E-state index contributed by atoms with van der Waals surface area (Å²) >= 11 is 0. The number of ether oxygens (including phenoxy) is 1. The van der Waals surface area contributed by atoms with Gasteiger partial charge in [0.1, 0.15) is 0 Å². The first-order valence-corrected chi connectivity index (χ1v) is 3.80. The van der Waals surface area contributed by atoms with E-state index in [9.17, 15) is 4.79 Å². The van der Waals surface area contributed by atoms with Crippen molar-refractivity contribution in [1.29, 1.82) is 0 Å². The summed E-state index contributed by atoms with van der Waals surface area (Å²) in [6, 6.07) is 8.68. The Morgan fingerprint density at radius 1 is 1.31 bits per heavy atom. The normalized spacial score (nSPS) is 11.0. The van der Waals surface area contributed by atoms with Crippen LogP contribution in [0.1, 0.15) is 5.56 Å². The minimum Gasteiger partial charge on any atom is -0.466 e. The van der Waals surface area contributed by atoms with Gasteiger partial charge in [0, 0.05) is 0 Å². The van der Waals surface area contributed by atoms with E-state index in [1.807, 2.05) is 6.07 Å². The lowest BCUT2D eigenvalue weighted by atomic mass is 10.0. The highest BCUT2D eigenvalue weighted by Gasteiger charge is 2.32. The Morgan fingerprint density at radius 2 is 1.85 bits per heavy atom. The van der Waals surface area contributed by atoms with Crippen LogP contribution in [0, 0.1) is 0 Å². The number of carbonyl (C=O) groups excluding carboxylic acids is 1. The fourth-order valence-corrected chi connectivity index (χ4v) is 1.00. The molecular formula is C9H12N2O2. The lowest BCUT2D eigenvalue weighted by Gasteiger charge is -2.21. The summed E-state index contributed by atoms with van der Waals surface area (Å²) in [4.78, 5) is 11.2. The minimum absolute atomic E-state index is 0.529. The molecule has 0 aromatic heterocycles. The van der Waals surface area contributed by atoms with Gasteiger partial charge in [-0.3, -0.25) is 0 Å². The molecule has 0 fully saturated rings. The second kappa shape index (κ2) is 3.55. The molecular weight excluding hydrogens is 168 g/mol. The Balaban J connectivity index is 3.00. The number of esters is 1. The molecule has 70 valence electrons. The molecule has 4 nitrogen and oxygen atoms in total. The molecule has 0 radical (unpaired) electrons. The quantitative estimate of drug-likeness (QED) is 0.493. The zero-order valence-corrected chi connectivity index (χ0v) is 7.36. The molecule has 0 spiro atoms. The third kappa shape index (κ3) is 1.85. The number of rotatable bonds is 2. The Morgan fingerprint density at radius 3 is 2.31 bits per heavy atom. The largest absolute Gasteiger partial charge is 0.466 e. The molecule has 1 aromatic carbocycles. The fraction of sp³-hybridized carbons (Fsp3) is 0.222. The van der Waals surface area contributed by atoms with E-state index in [0.29, 0.717) is 5.56 Å². The number of hydrogen-bond donors (Lipinski definition) is 2. The van der Waals surface area contributed by atoms with Crippen molar-refractivity contribution in [2.24, 2.45) is 11.5 Å². The van der Waals surface area contributed by atoms with Crippen LogP contribution < -0.4 is 11.5 Å². The Hall–Kier alpha value is -1.39. The Labute approximate surface area is 76.5 Å². The van der Waals surface area contributed by atoms with E-state index in [0.717, 1.165) is 0 Å². The second-order valence-corrected chi connectivity index (χ2v) is 2.73. The van der Waals surface area contributed by atoms with E-state index in [4.69, 9.17) is 11.5 Å². The molecule has 0 unspecified atom stereocenters. The van der Waals surface area contributed by atoms with Gasteiger partial charge in [-0.1, -0.05) is 30.3 Å². The van der Waals surface area contributed by atoms with Gasteiger partial charge in [-0.05, 0) is 5.56 Å². The summed E-state index contributed by atoms with van der Waals surface area (Å²) in [6.45, 7) is 0. The SMILES string of the molecule is COC(=O)C(N)(N)c1ccccc1. The number of hydrogen-bond acceptors (Lipinski definition) is 4. The van der Waals surface area contributed by atoms with Gasteiger partial charge in [-0.2, -0.15) is 0 Å². The van der Waals surface area contributed by atoms with Crippen molar-refractivity contribution in [3.05, 3.63) is 35.9 Å². The van der Waals surface area contributed by atoms with Crippen molar-refractivity contribution in [3.63, 3.8) is 0 Å². The van der Waals surface area contributed by atoms with Crippen molar-refractivity contribution in [2.45, 2.75) is 5.66 Å². The van der Waals surface area contributed by atoms with Crippen molar-refractivity contribution in [1.82, 2.24) is 0 Å². The van der Waals surface area contributed by atoms with E-state index < -0.39 is 11.6 Å². The van der Waals surface area contributed by atoms with Crippen molar-refractivity contribution in [2.75, 3.05) is 7.11 Å². The van der Waals surface area contributed by atoms with Crippen LogP contribution in [0.2, 0.25) is 0 Å². The number of nitrogens with two attached hydrogens (primary N) is 2. The third-order valence-corrected chi connectivity index (χ3v) is 1.77. The van der Waals surface area contributed by atoms with Gasteiger partial charge in [-0.25, -0.2) is 4.79 Å². The molecule has 1 rings (SSSR count). The summed E-state index contributed by atoms with van der Waals surface area (Å²) in [7, 11) is 1.25. The lowest BCUT2D eigenvalue weighted by molar-refractivity contribution is -0.147. The fourth-order valence-electron chi connectivity index (χ4n) is 1.00. The minimum atomic E-state index is -1.56. The first-order valence-electron chi connectivity index (χ1n) is 3.80. The molecule has 0 amide bonds. The molecule has 4 heteroatoms. The van der Waals surface area contributed by atoms with E-state index in [1.165, 1.54) is 7.11 Å². The molecule has 0 saturated carbocycles. The molecule has 4 N–H and O–H groups in total. The maximum atomic E-state index is 11.2. The van der Waals surface area contributed by atoms with Gasteiger partial charge in [0.15, 0.2) is 5.66 Å². The van der Waals surface area contributed by atoms with E-state index in [1.54, 1.807) is 24.3 Å². The highest BCUT2D eigenvalue weighted by Crippen LogP contribution is 2.12. The van der Waals surface area contributed by atoms with E-state index >= 15 is 0 Å². The standard InChI is InChI=1S/C9H12N2O2/c1-13-8(12)9(10,11)7-5-3-2-4-6-7/h2-6H,10-11H2,1H3. The van der Waals surface area contributed by atoms with Crippen LogP contribution >= 0.6 is 0 Å². The van der Waals surface area contributed by atoms with Crippen LogP contribution in [-0.2, 0) is 15.2 Å². The van der Waals surface area contributed by atoms with Gasteiger partial charge >= 0.3 is 5.97 Å². The third-order valence-electron chi connectivity index (χ3n) is 1.77. The number of carbonyl (C=O) groups is 1. The summed E-state index contributed by atoms with van der Waals surface area (Å²) in [6.07, 6.45) is 0. The van der Waals surface area contributed by atoms with Crippen LogP contribution in [0.4, 0.5) is 0 Å². The Kier molecular flexibility index (Phi) is 2.65. The molecule has 0 aliphatic carbocycles. The van der Waals surface area contributed by atoms with Gasteiger partial charge in [0.2, 0.25) is 0 Å². The number of methoxy groups -OCH3 is 1. The average Bonchev–Trinajstić information content (AvgIpc) is 2.18.